The number of cyclic esters (lactones) is 1. The largest absolute Gasteiger partial charge is 0.458 e. The summed E-state index contributed by atoms with van der Waals surface area (Å²) in [6.07, 6.45) is 1.22. The lowest BCUT2D eigenvalue weighted by Gasteiger charge is -2.37. The Hall–Kier alpha value is -3.10. The topological polar surface area (TPSA) is 93.5 Å². The minimum atomic E-state index is -1.49. The Bertz CT molecular complexity index is 1490. The second kappa shape index (κ2) is 6.27. The highest BCUT2D eigenvalue weighted by Crippen LogP contribution is 2.50. The van der Waals surface area contributed by atoms with E-state index >= 15 is 0 Å². The zero-order valence-electron chi connectivity index (χ0n) is 18.1. The molecular formula is C25H22FN3O4. The molecule has 7 rings (SSSR count). The first-order chi connectivity index (χ1) is 15.9. The number of carbonyl (C=O) groups is 1. The van der Waals surface area contributed by atoms with E-state index < -0.39 is 12.1 Å². The van der Waals surface area contributed by atoms with Crippen LogP contribution >= 0.6 is 0 Å². The second-order valence-electron chi connectivity index (χ2n) is 9.74. The molecule has 0 bridgehead atoms. The van der Waals surface area contributed by atoms with Crippen LogP contribution in [0.4, 0.5) is 4.39 Å². The molecule has 2 atom stereocenters. The van der Waals surface area contributed by atoms with E-state index in [9.17, 15) is 19.1 Å². The molecule has 1 aliphatic carbocycles. The summed E-state index contributed by atoms with van der Waals surface area (Å²) in [6, 6.07) is 3.19. The summed E-state index contributed by atoms with van der Waals surface area (Å²) in [5, 5.41) is 14.9. The van der Waals surface area contributed by atoms with Gasteiger partial charge in [0.2, 0.25) is 0 Å². The van der Waals surface area contributed by atoms with Crippen LogP contribution in [0.3, 0.4) is 0 Å². The van der Waals surface area contributed by atoms with Crippen molar-refractivity contribution in [1.29, 1.82) is 0 Å². The van der Waals surface area contributed by atoms with Gasteiger partial charge in [0, 0.05) is 34.5 Å². The van der Waals surface area contributed by atoms with Gasteiger partial charge in [-0.1, -0.05) is 0 Å². The molecule has 8 heteroatoms. The van der Waals surface area contributed by atoms with Crippen molar-refractivity contribution in [2.45, 2.75) is 50.9 Å². The molecule has 2 N–H and O–H groups in total. The zero-order valence-corrected chi connectivity index (χ0v) is 18.1. The molecule has 33 heavy (non-hydrogen) atoms. The second-order valence-corrected chi connectivity index (χ2v) is 9.74. The number of hydrogen-bond donors (Lipinski definition) is 2. The molecule has 0 saturated carbocycles. The van der Waals surface area contributed by atoms with Crippen LogP contribution in [-0.4, -0.2) is 33.7 Å². The maximum Gasteiger partial charge on any atom is 0.340 e. The number of hydrogen-bond acceptors (Lipinski definition) is 6. The van der Waals surface area contributed by atoms with Crippen LogP contribution in [0.5, 0.6) is 0 Å². The summed E-state index contributed by atoms with van der Waals surface area (Å²) < 4.78 is 21.5. The molecule has 168 valence electrons. The lowest BCUT2D eigenvalue weighted by Crippen LogP contribution is -2.35. The number of esters is 1. The molecule has 7 nitrogen and oxygen atoms in total. The van der Waals surface area contributed by atoms with Crippen LogP contribution < -0.4 is 10.9 Å². The number of aromatic nitrogens is 2. The lowest BCUT2D eigenvalue weighted by molar-refractivity contribution is -0.157. The number of halogens is 1. The first kappa shape index (κ1) is 19.4. The Labute approximate surface area is 188 Å². The van der Waals surface area contributed by atoms with Crippen molar-refractivity contribution in [3.8, 4) is 11.4 Å². The third-order valence-corrected chi connectivity index (χ3v) is 8.20. The average Bonchev–Trinajstić information content (AvgIpc) is 3.41. The summed E-state index contributed by atoms with van der Waals surface area (Å²) in [5.41, 5.74) is 5.91. The third-order valence-electron chi connectivity index (χ3n) is 8.20. The highest BCUT2D eigenvalue weighted by atomic mass is 19.1. The molecular weight excluding hydrogens is 425 g/mol. The SMILES string of the molecule is Cc1c(F)cc2nc3c(c4c2c1CCC41CCNC1)Cn1c-3cc2c(c1=O)COC(=O)[C@H]2O. The summed E-state index contributed by atoms with van der Waals surface area (Å²) in [5.74, 6) is -1.03. The van der Waals surface area contributed by atoms with Gasteiger partial charge in [0.1, 0.15) is 12.4 Å². The zero-order chi connectivity index (χ0) is 22.6. The summed E-state index contributed by atoms with van der Waals surface area (Å²) >= 11 is 0. The van der Waals surface area contributed by atoms with Crippen LogP contribution in [0.1, 0.15) is 52.3 Å². The highest BCUT2D eigenvalue weighted by molar-refractivity contribution is 5.93. The maximum atomic E-state index is 14.9. The van der Waals surface area contributed by atoms with Crippen molar-refractivity contribution in [3.63, 3.8) is 0 Å². The molecule has 5 heterocycles. The van der Waals surface area contributed by atoms with Gasteiger partial charge < -0.3 is 19.7 Å². The van der Waals surface area contributed by atoms with Crippen LogP contribution in [0.15, 0.2) is 16.9 Å². The predicted octanol–water partition coefficient (Wildman–Crippen LogP) is 2.14. The molecule has 2 aromatic heterocycles. The van der Waals surface area contributed by atoms with Gasteiger partial charge in [-0.15, -0.1) is 0 Å². The van der Waals surface area contributed by atoms with Crippen molar-refractivity contribution >= 4 is 16.9 Å². The smallest absolute Gasteiger partial charge is 0.340 e. The van der Waals surface area contributed by atoms with Crippen molar-refractivity contribution in [3.05, 3.63) is 61.7 Å². The third kappa shape index (κ3) is 2.32. The fourth-order valence-corrected chi connectivity index (χ4v) is 6.49. The first-order valence-corrected chi connectivity index (χ1v) is 11.4. The Morgan fingerprint density at radius 1 is 1.24 bits per heavy atom. The van der Waals surface area contributed by atoms with E-state index in [1.807, 2.05) is 6.92 Å². The van der Waals surface area contributed by atoms with Crippen molar-refractivity contribution in [2.75, 3.05) is 13.1 Å². The summed E-state index contributed by atoms with van der Waals surface area (Å²) in [6.45, 7) is 3.82. The minimum Gasteiger partial charge on any atom is -0.458 e. The van der Waals surface area contributed by atoms with E-state index in [4.69, 9.17) is 9.72 Å². The summed E-state index contributed by atoms with van der Waals surface area (Å²) in [7, 11) is 0. The molecule has 1 spiro atoms. The standard InChI is InChI=1S/C25H22FN3O4/c1-11-12-2-3-25(4-5-27-10-25)20-14-8-29-18(21(14)28-17(19(12)20)7-16(11)26)6-13-15(23(29)31)9-33-24(32)22(13)30/h6-7,22,27,30H,2-5,8-10H2,1H3/t22-,25?/m0/s1. The number of rotatable bonds is 0. The average molecular weight is 447 g/mol. The van der Waals surface area contributed by atoms with Crippen molar-refractivity contribution < 1.29 is 19.0 Å². The van der Waals surface area contributed by atoms with Gasteiger partial charge in [0.25, 0.3) is 5.56 Å². The molecule has 3 aliphatic heterocycles. The first-order valence-electron chi connectivity index (χ1n) is 11.4. The molecule has 0 amide bonds. The number of aryl methyl sites for hydroxylation is 1. The van der Waals surface area contributed by atoms with E-state index in [-0.39, 0.29) is 29.0 Å². The van der Waals surface area contributed by atoms with Crippen LogP contribution in [0.25, 0.3) is 22.3 Å². The van der Waals surface area contributed by atoms with Gasteiger partial charge in [-0.25, -0.2) is 14.2 Å². The van der Waals surface area contributed by atoms with Crippen molar-refractivity contribution in [2.24, 2.45) is 0 Å². The van der Waals surface area contributed by atoms with E-state index in [0.717, 1.165) is 48.9 Å². The fourth-order valence-electron chi connectivity index (χ4n) is 6.49. The van der Waals surface area contributed by atoms with E-state index in [1.54, 1.807) is 10.6 Å². The van der Waals surface area contributed by atoms with Crippen LogP contribution in [0.2, 0.25) is 0 Å². The Morgan fingerprint density at radius 3 is 2.88 bits per heavy atom. The Morgan fingerprint density at radius 2 is 2.09 bits per heavy atom. The maximum absolute atomic E-state index is 14.9. The number of nitrogens with zero attached hydrogens (tertiary/aromatic N) is 2. The number of benzene rings is 1. The number of pyridine rings is 2. The molecule has 0 radical (unpaired) electrons. The van der Waals surface area contributed by atoms with Gasteiger partial charge in [-0.3, -0.25) is 4.79 Å². The number of nitrogens with one attached hydrogen (secondary N) is 1. The molecule has 1 fully saturated rings. The number of fused-ring (bicyclic) bond motifs is 6. The number of aliphatic hydroxyl groups excluding tert-OH is 1. The normalized spacial score (nSPS) is 24.7. The molecule has 1 aromatic carbocycles. The highest BCUT2D eigenvalue weighted by Gasteiger charge is 2.44. The van der Waals surface area contributed by atoms with E-state index in [0.29, 0.717) is 34.6 Å². The van der Waals surface area contributed by atoms with Gasteiger partial charge in [0.05, 0.1) is 29.0 Å². The monoisotopic (exact) mass is 447 g/mol. The van der Waals surface area contributed by atoms with Gasteiger partial charge >= 0.3 is 5.97 Å². The van der Waals surface area contributed by atoms with E-state index in [1.165, 1.54) is 11.6 Å². The minimum absolute atomic E-state index is 0.0770. The van der Waals surface area contributed by atoms with E-state index in [2.05, 4.69) is 5.32 Å². The Balaban J connectivity index is 1.58. The number of aliphatic hydroxyl groups is 1. The number of ether oxygens (including phenoxy) is 1. The quantitative estimate of drug-likeness (QED) is 0.401. The van der Waals surface area contributed by atoms with Gasteiger partial charge in [-0.05, 0) is 55.5 Å². The van der Waals surface area contributed by atoms with Gasteiger partial charge in [-0.2, -0.15) is 0 Å². The molecule has 4 aliphatic rings. The fraction of sp³-hybridized carbons (Fsp3) is 0.400. The molecule has 3 aromatic rings. The number of carbonyl (C=O) groups excluding carboxylic acids is 1. The van der Waals surface area contributed by atoms with Gasteiger partial charge in [0.15, 0.2) is 6.10 Å². The van der Waals surface area contributed by atoms with Crippen LogP contribution in [0, 0.1) is 12.7 Å². The predicted molar refractivity (Wildman–Crippen MR) is 117 cm³/mol. The van der Waals surface area contributed by atoms with Crippen LogP contribution in [-0.2, 0) is 34.5 Å². The molecule has 1 saturated heterocycles. The lowest BCUT2D eigenvalue weighted by atomic mass is 9.67. The van der Waals surface area contributed by atoms with Crippen molar-refractivity contribution in [1.82, 2.24) is 14.9 Å². The Kier molecular flexibility index (Phi) is 3.68. The summed E-state index contributed by atoms with van der Waals surface area (Å²) in [4.78, 5) is 30.2. The molecule has 1 unspecified atom stereocenters.